The third-order valence-electron chi connectivity index (χ3n) is 7.36. The molecule has 0 unspecified atom stereocenters. The normalized spacial score (nSPS) is 15.8. The van der Waals surface area contributed by atoms with Crippen LogP contribution in [0.2, 0.25) is 0 Å². The monoisotopic (exact) mass is 484 g/mol. The van der Waals surface area contributed by atoms with Crippen molar-refractivity contribution < 1.29 is 14.3 Å². The second-order valence-electron chi connectivity index (χ2n) is 10.2. The van der Waals surface area contributed by atoms with Gasteiger partial charge in [0.25, 0.3) is 5.91 Å². The van der Waals surface area contributed by atoms with Gasteiger partial charge in [0.1, 0.15) is 5.82 Å². The van der Waals surface area contributed by atoms with E-state index < -0.39 is 0 Å². The van der Waals surface area contributed by atoms with Crippen LogP contribution in [-0.4, -0.2) is 53.0 Å². The summed E-state index contributed by atoms with van der Waals surface area (Å²) in [6, 6.07) is 15.6. The standard InChI is InChI=1S/C29H32N4O3/c1-19(2)23-7-5-6-8-24(23)26-30-16-22-15-25(34)33(27(22)31-26)17-20-9-11-21(12-10-20)28(35)32(3)29(13-14-29)18-36-4/h5-12,16,19H,13-15,17-18H2,1-4H3. The van der Waals surface area contributed by atoms with Crippen LogP contribution in [0.25, 0.3) is 11.4 Å². The van der Waals surface area contributed by atoms with Gasteiger partial charge in [-0.1, -0.05) is 50.2 Å². The minimum Gasteiger partial charge on any atom is -0.382 e. The molecule has 0 spiro atoms. The molecule has 2 aliphatic rings. The number of nitrogens with zero attached hydrogens (tertiary/aromatic N) is 4. The summed E-state index contributed by atoms with van der Waals surface area (Å²) in [5.41, 5.74) is 4.40. The van der Waals surface area contributed by atoms with Gasteiger partial charge in [-0.3, -0.25) is 14.5 Å². The lowest BCUT2D eigenvalue weighted by molar-refractivity contribution is -0.117. The molecule has 7 nitrogen and oxygen atoms in total. The van der Waals surface area contributed by atoms with Crippen LogP contribution >= 0.6 is 0 Å². The summed E-state index contributed by atoms with van der Waals surface area (Å²) in [5.74, 6) is 1.62. The van der Waals surface area contributed by atoms with Crippen molar-refractivity contribution in [3.63, 3.8) is 0 Å². The highest BCUT2D eigenvalue weighted by Crippen LogP contribution is 2.41. The van der Waals surface area contributed by atoms with Crippen LogP contribution in [0, 0.1) is 0 Å². The predicted octanol–water partition coefficient (Wildman–Crippen LogP) is 4.61. The van der Waals surface area contributed by atoms with Crippen molar-refractivity contribution >= 4 is 17.6 Å². The maximum atomic E-state index is 13.0. The number of hydrogen-bond acceptors (Lipinski definition) is 5. The van der Waals surface area contributed by atoms with E-state index in [0.29, 0.717) is 42.7 Å². The first-order chi connectivity index (χ1) is 17.3. The Hall–Kier alpha value is -3.58. The van der Waals surface area contributed by atoms with Gasteiger partial charge in [0, 0.05) is 37.0 Å². The van der Waals surface area contributed by atoms with E-state index >= 15 is 0 Å². The van der Waals surface area contributed by atoms with E-state index in [1.165, 1.54) is 5.56 Å². The third-order valence-corrected chi connectivity index (χ3v) is 7.36. The van der Waals surface area contributed by atoms with E-state index in [-0.39, 0.29) is 17.4 Å². The Morgan fingerprint density at radius 3 is 2.53 bits per heavy atom. The molecule has 1 aliphatic heterocycles. The summed E-state index contributed by atoms with van der Waals surface area (Å²) in [4.78, 5) is 38.8. The fraction of sp³-hybridized carbons (Fsp3) is 0.379. The van der Waals surface area contributed by atoms with E-state index in [4.69, 9.17) is 9.72 Å². The lowest BCUT2D eigenvalue weighted by Gasteiger charge is -2.27. The molecule has 186 valence electrons. The summed E-state index contributed by atoms with van der Waals surface area (Å²) in [6.45, 7) is 5.24. The average Bonchev–Trinajstić information content (AvgIpc) is 3.61. The Morgan fingerprint density at radius 1 is 1.14 bits per heavy atom. The summed E-state index contributed by atoms with van der Waals surface area (Å²) in [5, 5.41) is 0. The molecule has 1 saturated carbocycles. The molecule has 0 atom stereocenters. The molecule has 2 amide bonds. The van der Waals surface area contributed by atoms with E-state index in [0.717, 1.165) is 29.5 Å². The Kier molecular flexibility index (Phi) is 6.35. The van der Waals surface area contributed by atoms with Gasteiger partial charge in [0.2, 0.25) is 5.91 Å². The first-order valence-corrected chi connectivity index (χ1v) is 12.4. The Morgan fingerprint density at radius 2 is 1.86 bits per heavy atom. The molecule has 7 heteroatoms. The highest BCUT2D eigenvalue weighted by molar-refractivity contribution is 6.00. The molecule has 0 radical (unpaired) electrons. The largest absolute Gasteiger partial charge is 0.382 e. The molecular formula is C29H32N4O3. The van der Waals surface area contributed by atoms with Gasteiger partial charge in [-0.05, 0) is 42.0 Å². The lowest BCUT2D eigenvalue weighted by Crippen LogP contribution is -2.42. The number of amides is 2. The predicted molar refractivity (Wildman–Crippen MR) is 139 cm³/mol. The zero-order chi connectivity index (χ0) is 25.4. The van der Waals surface area contributed by atoms with E-state index in [9.17, 15) is 9.59 Å². The molecule has 1 fully saturated rings. The van der Waals surface area contributed by atoms with Gasteiger partial charge in [-0.15, -0.1) is 0 Å². The minimum absolute atomic E-state index is 0.00345. The molecular weight excluding hydrogens is 452 g/mol. The van der Waals surface area contributed by atoms with E-state index in [2.05, 4.69) is 24.9 Å². The van der Waals surface area contributed by atoms with Crippen molar-refractivity contribution in [3.05, 3.63) is 77.0 Å². The fourth-order valence-electron chi connectivity index (χ4n) is 4.96. The zero-order valence-electron chi connectivity index (χ0n) is 21.3. The Bertz CT molecular complexity index is 1300. The first kappa shape index (κ1) is 24.1. The third kappa shape index (κ3) is 4.39. The molecule has 2 heterocycles. The number of fused-ring (bicyclic) bond motifs is 1. The maximum Gasteiger partial charge on any atom is 0.254 e. The second-order valence-corrected chi connectivity index (χ2v) is 10.2. The molecule has 1 aliphatic carbocycles. The van der Waals surface area contributed by atoms with Crippen LogP contribution < -0.4 is 4.90 Å². The zero-order valence-corrected chi connectivity index (χ0v) is 21.3. The number of anilines is 1. The average molecular weight is 485 g/mol. The van der Waals surface area contributed by atoms with Crippen LogP contribution in [-0.2, 0) is 22.5 Å². The Balaban J connectivity index is 1.36. The summed E-state index contributed by atoms with van der Waals surface area (Å²) in [6.07, 6.45) is 3.99. The number of carbonyl (C=O) groups is 2. The topological polar surface area (TPSA) is 75.6 Å². The molecule has 3 aromatic rings. The number of ether oxygens (including phenoxy) is 1. The van der Waals surface area contributed by atoms with Crippen molar-refractivity contribution in [2.24, 2.45) is 0 Å². The number of aromatic nitrogens is 2. The number of likely N-dealkylation sites (N-methyl/N-ethyl adjacent to an activating group) is 1. The molecule has 1 aromatic heterocycles. The van der Waals surface area contributed by atoms with Gasteiger partial charge < -0.3 is 9.64 Å². The van der Waals surface area contributed by atoms with Crippen LogP contribution in [0.3, 0.4) is 0 Å². The summed E-state index contributed by atoms with van der Waals surface area (Å²) < 4.78 is 5.32. The quantitative estimate of drug-likeness (QED) is 0.467. The number of carbonyl (C=O) groups excluding carboxylic acids is 2. The number of benzene rings is 2. The van der Waals surface area contributed by atoms with Crippen molar-refractivity contribution in [2.45, 2.75) is 51.1 Å². The lowest BCUT2D eigenvalue weighted by atomic mass is 9.97. The van der Waals surface area contributed by atoms with E-state index in [1.807, 2.05) is 49.5 Å². The second kappa shape index (κ2) is 9.47. The van der Waals surface area contributed by atoms with Gasteiger partial charge in [-0.25, -0.2) is 9.97 Å². The van der Waals surface area contributed by atoms with Crippen LogP contribution in [0.15, 0.2) is 54.7 Å². The SMILES string of the molecule is COCC1(N(C)C(=O)c2ccc(CN3C(=O)Cc4cnc(-c5ccccc5C(C)C)nc43)cc2)CC1. The highest BCUT2D eigenvalue weighted by Gasteiger charge is 2.48. The van der Waals surface area contributed by atoms with Crippen molar-refractivity contribution in [2.75, 3.05) is 25.7 Å². The van der Waals surface area contributed by atoms with Crippen LogP contribution in [0.5, 0.6) is 0 Å². The highest BCUT2D eigenvalue weighted by atomic mass is 16.5. The molecule has 0 N–H and O–H groups in total. The van der Waals surface area contributed by atoms with Crippen molar-refractivity contribution in [1.29, 1.82) is 0 Å². The number of hydrogen-bond donors (Lipinski definition) is 0. The van der Waals surface area contributed by atoms with Gasteiger partial charge in [0.05, 0.1) is 25.1 Å². The van der Waals surface area contributed by atoms with Crippen molar-refractivity contribution in [1.82, 2.24) is 14.9 Å². The molecule has 36 heavy (non-hydrogen) atoms. The first-order valence-electron chi connectivity index (χ1n) is 12.4. The van der Waals surface area contributed by atoms with Crippen LogP contribution in [0.1, 0.15) is 59.7 Å². The van der Waals surface area contributed by atoms with Gasteiger partial charge >= 0.3 is 0 Å². The smallest absolute Gasteiger partial charge is 0.254 e. The van der Waals surface area contributed by atoms with Gasteiger partial charge in [0.15, 0.2) is 5.82 Å². The Labute approximate surface area is 212 Å². The molecule has 2 aromatic carbocycles. The maximum absolute atomic E-state index is 13.0. The molecule has 0 bridgehead atoms. The van der Waals surface area contributed by atoms with Crippen LogP contribution in [0.4, 0.5) is 5.82 Å². The minimum atomic E-state index is -0.179. The summed E-state index contributed by atoms with van der Waals surface area (Å²) >= 11 is 0. The fourth-order valence-corrected chi connectivity index (χ4v) is 4.96. The number of methoxy groups -OCH3 is 1. The summed E-state index contributed by atoms with van der Waals surface area (Å²) in [7, 11) is 3.51. The van der Waals surface area contributed by atoms with E-state index in [1.54, 1.807) is 23.1 Å². The molecule has 0 saturated heterocycles. The molecule has 5 rings (SSSR count). The number of rotatable bonds is 8. The van der Waals surface area contributed by atoms with Gasteiger partial charge in [-0.2, -0.15) is 0 Å². The van der Waals surface area contributed by atoms with Crippen molar-refractivity contribution in [3.8, 4) is 11.4 Å².